The minimum atomic E-state index is -0.332. The summed E-state index contributed by atoms with van der Waals surface area (Å²) in [6.45, 7) is 1.21. The molecule has 3 heterocycles. The molecule has 1 amide bonds. The summed E-state index contributed by atoms with van der Waals surface area (Å²) in [7, 11) is 3.88. The van der Waals surface area contributed by atoms with E-state index in [-0.39, 0.29) is 11.5 Å². The van der Waals surface area contributed by atoms with E-state index in [2.05, 4.69) is 30.5 Å². The molecule has 1 aliphatic rings. The van der Waals surface area contributed by atoms with E-state index in [0.29, 0.717) is 46.7 Å². The maximum absolute atomic E-state index is 13.0. The number of aromatic amines is 2. The van der Waals surface area contributed by atoms with Gasteiger partial charge in [-0.3, -0.25) is 29.8 Å². The van der Waals surface area contributed by atoms with Crippen molar-refractivity contribution in [3.05, 3.63) is 75.0 Å². The molecule has 3 aromatic rings. The lowest BCUT2D eigenvalue weighted by Crippen LogP contribution is -2.35. The third-order valence-electron chi connectivity index (χ3n) is 4.66. The van der Waals surface area contributed by atoms with Crippen molar-refractivity contribution in [2.24, 2.45) is 4.99 Å². The highest BCUT2D eigenvalue weighted by molar-refractivity contribution is 6.20. The maximum atomic E-state index is 13.0. The Hall–Kier alpha value is -3.85. The zero-order chi connectivity index (χ0) is 21.1. The summed E-state index contributed by atoms with van der Waals surface area (Å²) in [5.74, 6) is -0.232. The second-order valence-corrected chi connectivity index (χ2v) is 7.05. The molecular weight excluding hydrogens is 382 g/mol. The van der Waals surface area contributed by atoms with Gasteiger partial charge in [0, 0.05) is 30.7 Å². The number of fused-ring (bicyclic) bond motifs is 1. The summed E-state index contributed by atoms with van der Waals surface area (Å²) in [6, 6.07) is 7.42. The molecule has 0 unspecified atom stereocenters. The first kappa shape index (κ1) is 19.5. The average Bonchev–Trinajstić information content (AvgIpc) is 3.29. The number of H-pyrrole nitrogens is 2. The molecule has 152 valence electrons. The van der Waals surface area contributed by atoms with Gasteiger partial charge in [0.05, 0.1) is 34.1 Å². The summed E-state index contributed by atoms with van der Waals surface area (Å²) in [6.07, 6.45) is 6.27. The van der Waals surface area contributed by atoms with Gasteiger partial charge in [0.1, 0.15) is 5.69 Å². The van der Waals surface area contributed by atoms with Crippen molar-refractivity contribution in [2.45, 2.75) is 0 Å². The van der Waals surface area contributed by atoms with Crippen molar-refractivity contribution in [2.75, 3.05) is 27.2 Å². The number of amides is 1. The van der Waals surface area contributed by atoms with E-state index in [1.807, 2.05) is 43.3 Å². The molecule has 0 atom stereocenters. The van der Waals surface area contributed by atoms with Gasteiger partial charge in [-0.05, 0) is 26.2 Å². The number of nitrogens with zero attached hydrogens (tertiary/aromatic N) is 4. The fourth-order valence-electron chi connectivity index (χ4n) is 3.20. The van der Waals surface area contributed by atoms with Crippen molar-refractivity contribution >= 4 is 17.6 Å². The van der Waals surface area contributed by atoms with Crippen LogP contribution in [0, 0.1) is 0 Å². The average molecular weight is 403 g/mol. The van der Waals surface area contributed by atoms with Gasteiger partial charge < -0.3 is 10.2 Å². The van der Waals surface area contributed by atoms with E-state index >= 15 is 0 Å². The molecule has 1 aliphatic heterocycles. The van der Waals surface area contributed by atoms with E-state index in [1.54, 1.807) is 24.7 Å². The minimum Gasteiger partial charge on any atom is -0.351 e. The molecule has 2 aromatic heterocycles. The van der Waals surface area contributed by atoms with E-state index in [4.69, 9.17) is 0 Å². The molecule has 0 spiro atoms. The molecule has 3 N–H and O–H groups in total. The highest BCUT2D eigenvalue weighted by atomic mass is 16.1. The number of carbonyl (C=O) groups excluding carboxylic acids is 1. The van der Waals surface area contributed by atoms with Gasteiger partial charge in [-0.25, -0.2) is 4.99 Å². The van der Waals surface area contributed by atoms with Gasteiger partial charge in [0.2, 0.25) is 0 Å². The predicted molar refractivity (Wildman–Crippen MR) is 113 cm³/mol. The van der Waals surface area contributed by atoms with Crippen LogP contribution in [0.1, 0.15) is 5.56 Å². The van der Waals surface area contributed by atoms with Crippen molar-refractivity contribution in [3.8, 4) is 11.4 Å². The van der Waals surface area contributed by atoms with Crippen molar-refractivity contribution in [3.63, 3.8) is 0 Å². The fraction of sp³-hybridized carbons (Fsp3) is 0.190. The Morgan fingerprint density at radius 2 is 2.03 bits per heavy atom. The molecule has 4 rings (SSSR count). The Labute approximate surface area is 171 Å². The van der Waals surface area contributed by atoms with Crippen LogP contribution in [0.15, 0.2) is 58.3 Å². The summed E-state index contributed by atoms with van der Waals surface area (Å²) >= 11 is 0. The third-order valence-corrected chi connectivity index (χ3v) is 4.66. The second-order valence-electron chi connectivity index (χ2n) is 7.05. The van der Waals surface area contributed by atoms with Gasteiger partial charge in [-0.2, -0.15) is 0 Å². The Bertz CT molecular complexity index is 1290. The summed E-state index contributed by atoms with van der Waals surface area (Å²) in [4.78, 5) is 40.3. The van der Waals surface area contributed by atoms with Gasteiger partial charge >= 0.3 is 0 Å². The summed E-state index contributed by atoms with van der Waals surface area (Å²) in [5, 5.41) is 9.76. The zero-order valence-corrected chi connectivity index (χ0v) is 16.6. The quantitative estimate of drug-likeness (QED) is 0.520. The molecule has 0 saturated heterocycles. The van der Waals surface area contributed by atoms with E-state index in [1.165, 1.54) is 0 Å². The Morgan fingerprint density at radius 3 is 2.80 bits per heavy atom. The molecule has 0 aliphatic carbocycles. The molecule has 9 heteroatoms. The second kappa shape index (κ2) is 8.26. The van der Waals surface area contributed by atoms with Gasteiger partial charge in [0.25, 0.3) is 11.5 Å². The Kier molecular flexibility index (Phi) is 5.36. The predicted octanol–water partition coefficient (Wildman–Crippen LogP) is -0.337. The number of rotatable bonds is 6. The van der Waals surface area contributed by atoms with E-state index in [0.717, 1.165) is 5.22 Å². The maximum Gasteiger partial charge on any atom is 0.271 e. The van der Waals surface area contributed by atoms with Crippen molar-refractivity contribution in [1.29, 1.82) is 0 Å². The highest BCUT2D eigenvalue weighted by Gasteiger charge is 2.22. The fourth-order valence-corrected chi connectivity index (χ4v) is 3.20. The van der Waals surface area contributed by atoms with Crippen LogP contribution in [-0.4, -0.2) is 58.2 Å². The van der Waals surface area contributed by atoms with Crippen LogP contribution in [0.25, 0.3) is 23.0 Å². The SMILES string of the molecule is CN(C)CCNC(=O)C1=c2ccccc2=N/C1=C\c1c(-c2cnccn2)[nH][nH]c1=O. The third kappa shape index (κ3) is 3.83. The van der Waals surface area contributed by atoms with Crippen LogP contribution in [0.5, 0.6) is 0 Å². The highest BCUT2D eigenvalue weighted by Crippen LogP contribution is 2.22. The Morgan fingerprint density at radius 1 is 1.20 bits per heavy atom. The van der Waals surface area contributed by atoms with Crippen molar-refractivity contribution in [1.82, 2.24) is 30.4 Å². The first-order chi connectivity index (χ1) is 14.5. The monoisotopic (exact) mass is 403 g/mol. The van der Waals surface area contributed by atoms with Crippen LogP contribution in [0.2, 0.25) is 0 Å². The summed E-state index contributed by atoms with van der Waals surface area (Å²) < 4.78 is 0. The zero-order valence-electron chi connectivity index (χ0n) is 16.6. The molecular formula is C21H21N7O2. The lowest BCUT2D eigenvalue weighted by Gasteiger charge is -2.11. The lowest BCUT2D eigenvalue weighted by molar-refractivity contribution is -0.115. The minimum absolute atomic E-state index is 0.232. The van der Waals surface area contributed by atoms with Crippen LogP contribution >= 0.6 is 0 Å². The number of para-hydroxylation sites is 1. The number of hydrogen-bond donors (Lipinski definition) is 3. The molecule has 0 radical (unpaired) electrons. The van der Waals surface area contributed by atoms with Gasteiger partial charge in [-0.15, -0.1) is 0 Å². The van der Waals surface area contributed by atoms with E-state index in [9.17, 15) is 9.59 Å². The number of carbonyl (C=O) groups is 1. The van der Waals surface area contributed by atoms with Crippen LogP contribution in [0.4, 0.5) is 0 Å². The topological polar surface area (TPSA) is 119 Å². The molecule has 30 heavy (non-hydrogen) atoms. The normalized spacial score (nSPS) is 14.1. The standard InChI is InChI=1S/C21H21N7O2/c1-28(2)10-9-24-21(30)18-13-5-3-4-6-15(13)25-16(18)11-14-19(26-27-20(14)29)17-12-22-7-8-23-17/h3-8,11-12H,9-10H2,1-2H3,(H,24,30)(H2,26,27,29)/b16-11-. The lowest BCUT2D eigenvalue weighted by atomic mass is 10.1. The molecule has 1 aromatic carbocycles. The van der Waals surface area contributed by atoms with Crippen LogP contribution in [0.3, 0.4) is 0 Å². The molecule has 9 nitrogen and oxygen atoms in total. The Balaban J connectivity index is 1.79. The number of nitrogens with one attached hydrogen (secondary N) is 3. The number of likely N-dealkylation sites (N-methyl/N-ethyl adjacent to an activating group) is 1. The number of benzene rings is 1. The van der Waals surface area contributed by atoms with Crippen LogP contribution < -0.4 is 21.5 Å². The van der Waals surface area contributed by atoms with Gasteiger partial charge in [-0.1, -0.05) is 18.2 Å². The first-order valence-electron chi connectivity index (χ1n) is 9.44. The largest absolute Gasteiger partial charge is 0.351 e. The van der Waals surface area contributed by atoms with Crippen molar-refractivity contribution < 1.29 is 4.79 Å². The molecule has 0 bridgehead atoms. The van der Waals surface area contributed by atoms with Crippen LogP contribution in [-0.2, 0) is 4.79 Å². The smallest absolute Gasteiger partial charge is 0.271 e. The summed E-state index contributed by atoms with van der Waals surface area (Å²) in [5.41, 5.74) is 1.86. The molecule has 0 fully saturated rings. The first-order valence-corrected chi connectivity index (χ1v) is 9.44. The number of hydrogen-bond acceptors (Lipinski definition) is 6. The van der Waals surface area contributed by atoms with Gasteiger partial charge in [0.15, 0.2) is 0 Å². The molecule has 0 saturated carbocycles. The van der Waals surface area contributed by atoms with E-state index < -0.39 is 0 Å². The number of aromatic nitrogens is 4.